The van der Waals surface area contributed by atoms with Crippen molar-refractivity contribution in [3.05, 3.63) is 78.1 Å². The quantitative estimate of drug-likeness (QED) is 0.577. The Kier molecular flexibility index (Phi) is 6.15. The van der Waals surface area contributed by atoms with E-state index in [0.717, 1.165) is 16.8 Å². The minimum atomic E-state index is -4.06. The van der Waals surface area contributed by atoms with Crippen molar-refractivity contribution in [2.24, 2.45) is 0 Å². The summed E-state index contributed by atoms with van der Waals surface area (Å²) in [5.74, 6) is -1.49. The maximum atomic E-state index is 14.0. The number of para-hydroxylation sites is 1. The minimum absolute atomic E-state index is 0.00440. The fraction of sp³-hybridized carbons (Fsp3) is 0.167. The number of carbonyl (C=O) groups is 2. The molecule has 0 aromatic heterocycles. The topological polar surface area (TPSA) is 95.6 Å². The zero-order valence-electron chi connectivity index (χ0n) is 17.8. The number of anilines is 2. The second-order valence-corrected chi connectivity index (χ2v) is 9.35. The molecule has 0 saturated heterocycles. The van der Waals surface area contributed by atoms with E-state index in [1.807, 2.05) is 6.92 Å². The number of nitrogens with one attached hydrogen (secondary N) is 2. The molecule has 0 spiro atoms. The van der Waals surface area contributed by atoms with Crippen LogP contribution in [0.3, 0.4) is 0 Å². The van der Waals surface area contributed by atoms with Crippen molar-refractivity contribution in [1.82, 2.24) is 5.32 Å². The van der Waals surface area contributed by atoms with Gasteiger partial charge in [0.2, 0.25) is 5.91 Å². The van der Waals surface area contributed by atoms with Crippen LogP contribution in [0.15, 0.2) is 71.6 Å². The van der Waals surface area contributed by atoms with Gasteiger partial charge >= 0.3 is 0 Å². The van der Waals surface area contributed by atoms with E-state index < -0.39 is 28.3 Å². The van der Waals surface area contributed by atoms with Gasteiger partial charge in [0.1, 0.15) is 12.4 Å². The lowest BCUT2D eigenvalue weighted by Crippen LogP contribution is -2.40. The molecule has 0 unspecified atom stereocenters. The minimum Gasteiger partial charge on any atom is -0.352 e. The lowest BCUT2D eigenvalue weighted by atomic mass is 10.0. The molecule has 33 heavy (non-hydrogen) atoms. The second kappa shape index (κ2) is 9.03. The molecule has 3 aromatic carbocycles. The van der Waals surface area contributed by atoms with Gasteiger partial charge in [0.05, 0.1) is 21.8 Å². The van der Waals surface area contributed by atoms with Crippen molar-refractivity contribution in [2.75, 3.05) is 22.7 Å². The molecule has 3 aromatic rings. The van der Waals surface area contributed by atoms with Gasteiger partial charge in [-0.1, -0.05) is 37.3 Å². The van der Waals surface area contributed by atoms with Gasteiger partial charge in [0, 0.05) is 17.7 Å². The molecule has 0 atom stereocenters. The Morgan fingerprint density at radius 2 is 1.70 bits per heavy atom. The van der Waals surface area contributed by atoms with E-state index >= 15 is 0 Å². The molecule has 9 heteroatoms. The van der Waals surface area contributed by atoms with Crippen LogP contribution >= 0.6 is 0 Å². The normalized spacial score (nSPS) is 13.6. The van der Waals surface area contributed by atoms with E-state index in [-0.39, 0.29) is 27.7 Å². The van der Waals surface area contributed by atoms with E-state index in [4.69, 9.17) is 0 Å². The van der Waals surface area contributed by atoms with Crippen LogP contribution in [-0.2, 0) is 14.8 Å². The number of carbonyl (C=O) groups excluding carboxylic acids is 2. The number of sulfonamides is 1. The number of halogens is 1. The summed E-state index contributed by atoms with van der Waals surface area (Å²) in [6.07, 6.45) is 0.758. The standard InChI is InChI=1S/C24H22FN3O4S/c1-2-13-26-24(30)18-8-3-5-9-20(18)27-23(29)15-28-21-12-11-16(25)14-19(21)17-7-4-6-10-22(17)33(28,31)32/h3-12,14H,2,13,15H2,1H3,(H,26,30)(H,27,29). The first-order chi connectivity index (χ1) is 15.8. The number of benzene rings is 3. The van der Waals surface area contributed by atoms with Gasteiger partial charge in [-0.2, -0.15) is 0 Å². The molecule has 0 radical (unpaired) electrons. The maximum Gasteiger partial charge on any atom is 0.265 e. The van der Waals surface area contributed by atoms with Gasteiger partial charge in [-0.05, 0) is 42.8 Å². The first-order valence-electron chi connectivity index (χ1n) is 10.4. The van der Waals surface area contributed by atoms with Crippen molar-refractivity contribution in [3.8, 4) is 11.1 Å². The number of nitrogens with zero attached hydrogens (tertiary/aromatic N) is 1. The highest BCUT2D eigenvalue weighted by molar-refractivity contribution is 7.93. The molecule has 1 aliphatic heterocycles. The van der Waals surface area contributed by atoms with Crippen molar-refractivity contribution in [2.45, 2.75) is 18.2 Å². The van der Waals surface area contributed by atoms with Crippen LogP contribution in [0.25, 0.3) is 11.1 Å². The molecule has 4 rings (SSSR count). The fourth-order valence-electron chi connectivity index (χ4n) is 3.72. The molecule has 1 aliphatic rings. The Labute approximate surface area is 191 Å². The third kappa shape index (κ3) is 4.31. The monoisotopic (exact) mass is 467 g/mol. The van der Waals surface area contributed by atoms with Crippen LogP contribution in [0.4, 0.5) is 15.8 Å². The molecule has 2 N–H and O–H groups in total. The summed E-state index contributed by atoms with van der Waals surface area (Å²) in [5.41, 5.74) is 1.51. The van der Waals surface area contributed by atoms with E-state index in [2.05, 4.69) is 10.6 Å². The fourth-order valence-corrected chi connectivity index (χ4v) is 5.37. The zero-order chi connectivity index (χ0) is 23.6. The summed E-state index contributed by atoms with van der Waals surface area (Å²) in [7, 11) is -4.06. The molecule has 0 fully saturated rings. The molecule has 0 saturated carbocycles. The van der Waals surface area contributed by atoms with Crippen LogP contribution in [-0.4, -0.2) is 33.3 Å². The first kappa shape index (κ1) is 22.5. The molecular formula is C24H22FN3O4S. The summed E-state index contributed by atoms with van der Waals surface area (Å²) >= 11 is 0. The molecule has 7 nitrogen and oxygen atoms in total. The van der Waals surface area contributed by atoms with E-state index in [1.54, 1.807) is 42.5 Å². The Bertz CT molecular complexity index is 1340. The smallest absolute Gasteiger partial charge is 0.265 e. The van der Waals surface area contributed by atoms with Crippen LogP contribution in [0.1, 0.15) is 23.7 Å². The van der Waals surface area contributed by atoms with E-state index in [0.29, 0.717) is 17.7 Å². The summed E-state index contributed by atoms with van der Waals surface area (Å²) in [6, 6.07) is 16.5. The molecular weight excluding hydrogens is 445 g/mol. The lowest BCUT2D eigenvalue weighted by molar-refractivity contribution is -0.114. The zero-order valence-corrected chi connectivity index (χ0v) is 18.7. The third-order valence-corrected chi connectivity index (χ3v) is 7.06. The number of fused-ring (bicyclic) bond motifs is 3. The van der Waals surface area contributed by atoms with E-state index in [9.17, 15) is 22.4 Å². The van der Waals surface area contributed by atoms with Gasteiger partial charge < -0.3 is 10.6 Å². The number of rotatable bonds is 6. The lowest BCUT2D eigenvalue weighted by Gasteiger charge is -2.31. The highest BCUT2D eigenvalue weighted by Crippen LogP contribution is 2.43. The number of amides is 2. The van der Waals surface area contributed by atoms with Gasteiger partial charge in [-0.15, -0.1) is 0 Å². The summed E-state index contributed by atoms with van der Waals surface area (Å²) in [5, 5.41) is 5.39. The first-order valence-corrected chi connectivity index (χ1v) is 11.9. The third-order valence-electron chi connectivity index (χ3n) is 5.24. The van der Waals surface area contributed by atoms with Crippen LogP contribution in [0.5, 0.6) is 0 Å². The van der Waals surface area contributed by atoms with Crippen molar-refractivity contribution in [3.63, 3.8) is 0 Å². The highest BCUT2D eigenvalue weighted by atomic mass is 32.2. The molecule has 0 bridgehead atoms. The predicted molar refractivity (Wildman–Crippen MR) is 124 cm³/mol. The molecule has 0 aliphatic carbocycles. The van der Waals surface area contributed by atoms with Gasteiger partial charge in [-0.3, -0.25) is 13.9 Å². The van der Waals surface area contributed by atoms with Crippen LogP contribution in [0.2, 0.25) is 0 Å². The summed E-state index contributed by atoms with van der Waals surface area (Å²) in [4.78, 5) is 25.3. The SMILES string of the molecule is CCCNC(=O)c1ccccc1NC(=O)CN1c2ccc(F)cc2-c2ccccc2S1(=O)=O. The summed E-state index contributed by atoms with van der Waals surface area (Å²) < 4.78 is 41.6. The van der Waals surface area contributed by atoms with Crippen molar-refractivity contribution in [1.29, 1.82) is 0 Å². The average Bonchev–Trinajstić information content (AvgIpc) is 2.81. The predicted octanol–water partition coefficient (Wildman–Crippen LogP) is 3.78. The van der Waals surface area contributed by atoms with Gasteiger partial charge in [-0.25, -0.2) is 12.8 Å². The number of hydrogen-bond acceptors (Lipinski definition) is 4. The Morgan fingerprint density at radius 3 is 2.48 bits per heavy atom. The molecule has 2 amide bonds. The van der Waals surface area contributed by atoms with E-state index in [1.165, 1.54) is 18.2 Å². The molecule has 170 valence electrons. The van der Waals surface area contributed by atoms with Gasteiger partial charge in [0.25, 0.3) is 15.9 Å². The Morgan fingerprint density at radius 1 is 0.970 bits per heavy atom. The average molecular weight is 468 g/mol. The maximum absolute atomic E-state index is 14.0. The Balaban J connectivity index is 1.65. The molecule has 1 heterocycles. The number of hydrogen-bond donors (Lipinski definition) is 2. The van der Waals surface area contributed by atoms with Crippen LogP contribution < -0.4 is 14.9 Å². The van der Waals surface area contributed by atoms with Crippen LogP contribution in [0, 0.1) is 5.82 Å². The van der Waals surface area contributed by atoms with Crippen molar-refractivity contribution >= 4 is 33.2 Å². The second-order valence-electron chi connectivity index (χ2n) is 7.52. The van der Waals surface area contributed by atoms with Crippen molar-refractivity contribution < 1.29 is 22.4 Å². The highest BCUT2D eigenvalue weighted by Gasteiger charge is 2.36. The summed E-state index contributed by atoms with van der Waals surface area (Å²) in [6.45, 7) is 1.87. The van der Waals surface area contributed by atoms with Gasteiger partial charge in [0.15, 0.2) is 0 Å². The Hall–Kier alpha value is -3.72. The largest absolute Gasteiger partial charge is 0.352 e.